The van der Waals surface area contributed by atoms with Crippen LogP contribution in [0.3, 0.4) is 0 Å². The van der Waals surface area contributed by atoms with Gasteiger partial charge in [-0.1, -0.05) is 0 Å². The third-order valence-electron chi connectivity index (χ3n) is 5.98. The van der Waals surface area contributed by atoms with Crippen LogP contribution in [-0.4, -0.2) is 52.2 Å². The van der Waals surface area contributed by atoms with Crippen LogP contribution in [0.5, 0.6) is 0 Å². The Hall–Kier alpha value is -1.95. The van der Waals surface area contributed by atoms with E-state index in [1.54, 1.807) is 12.4 Å². The SMILES string of the molecule is CN1CCC2(CCC(NC(=O)c3cnc4cn[nH]c4c3)CC2)CC1. The van der Waals surface area contributed by atoms with Gasteiger partial charge in [-0.25, -0.2) is 0 Å². The van der Waals surface area contributed by atoms with Crippen LogP contribution >= 0.6 is 0 Å². The summed E-state index contributed by atoms with van der Waals surface area (Å²) in [6, 6.07) is 2.12. The number of amides is 1. The molecule has 1 amide bonds. The van der Waals surface area contributed by atoms with Crippen LogP contribution in [0.15, 0.2) is 18.5 Å². The third kappa shape index (κ3) is 3.02. The number of rotatable bonds is 2. The van der Waals surface area contributed by atoms with E-state index >= 15 is 0 Å². The number of carbonyl (C=O) groups is 1. The number of piperidine rings is 1. The van der Waals surface area contributed by atoms with E-state index < -0.39 is 0 Å². The Morgan fingerprint density at radius 3 is 2.75 bits per heavy atom. The highest BCUT2D eigenvalue weighted by molar-refractivity contribution is 5.96. The molecule has 0 atom stereocenters. The summed E-state index contributed by atoms with van der Waals surface area (Å²) in [6.45, 7) is 2.43. The predicted molar refractivity (Wildman–Crippen MR) is 92.8 cm³/mol. The van der Waals surface area contributed by atoms with Gasteiger partial charge in [-0.05, 0) is 70.1 Å². The predicted octanol–water partition coefficient (Wildman–Crippen LogP) is 2.34. The maximum absolute atomic E-state index is 12.5. The minimum Gasteiger partial charge on any atom is -0.349 e. The molecule has 3 heterocycles. The molecule has 1 aliphatic carbocycles. The fourth-order valence-corrected chi connectivity index (χ4v) is 4.19. The van der Waals surface area contributed by atoms with Crippen LogP contribution in [0.1, 0.15) is 48.9 Å². The number of likely N-dealkylation sites (tertiary alicyclic amines) is 1. The standard InChI is InChI=1S/C18H25N5O/c1-23-8-6-18(7-9-23)4-2-14(3-5-18)21-17(24)13-10-15-16(19-11-13)12-20-22-15/h10-12,14H,2-9H2,1H3,(H,20,22)(H,21,24). The average Bonchev–Trinajstić information content (AvgIpc) is 3.07. The summed E-state index contributed by atoms with van der Waals surface area (Å²) in [5, 5.41) is 10.0. The van der Waals surface area contributed by atoms with Gasteiger partial charge in [0.25, 0.3) is 5.91 Å². The van der Waals surface area contributed by atoms with E-state index in [4.69, 9.17) is 0 Å². The molecule has 1 aliphatic heterocycles. The molecular formula is C18H25N5O. The molecule has 6 heteroatoms. The molecule has 2 N–H and O–H groups in total. The van der Waals surface area contributed by atoms with Gasteiger partial charge in [0.15, 0.2) is 0 Å². The molecule has 128 valence electrons. The van der Waals surface area contributed by atoms with Crippen LogP contribution in [0.25, 0.3) is 11.0 Å². The summed E-state index contributed by atoms with van der Waals surface area (Å²) in [7, 11) is 2.21. The van der Waals surface area contributed by atoms with E-state index in [-0.39, 0.29) is 5.91 Å². The number of H-pyrrole nitrogens is 1. The molecular weight excluding hydrogens is 302 g/mol. The van der Waals surface area contributed by atoms with Crippen molar-refractivity contribution in [3.05, 3.63) is 24.0 Å². The van der Waals surface area contributed by atoms with Gasteiger partial charge < -0.3 is 10.2 Å². The molecule has 2 fully saturated rings. The highest BCUT2D eigenvalue weighted by Gasteiger charge is 2.37. The topological polar surface area (TPSA) is 73.9 Å². The van der Waals surface area contributed by atoms with E-state index in [0.717, 1.165) is 23.9 Å². The third-order valence-corrected chi connectivity index (χ3v) is 5.98. The monoisotopic (exact) mass is 327 g/mol. The van der Waals surface area contributed by atoms with Crippen LogP contribution in [0.4, 0.5) is 0 Å². The first-order valence-corrected chi connectivity index (χ1v) is 8.92. The number of nitrogens with zero attached hydrogens (tertiary/aromatic N) is 3. The second-order valence-electron chi connectivity index (χ2n) is 7.58. The maximum atomic E-state index is 12.5. The van der Waals surface area contributed by atoms with Crippen LogP contribution in [0.2, 0.25) is 0 Å². The summed E-state index contributed by atoms with van der Waals surface area (Å²) in [6.07, 6.45) is 10.6. The van der Waals surface area contributed by atoms with Crippen molar-refractivity contribution in [3.63, 3.8) is 0 Å². The second-order valence-corrected chi connectivity index (χ2v) is 7.58. The van der Waals surface area contributed by atoms with Crippen molar-refractivity contribution in [1.29, 1.82) is 0 Å². The van der Waals surface area contributed by atoms with Crippen molar-refractivity contribution in [2.24, 2.45) is 5.41 Å². The molecule has 0 unspecified atom stereocenters. The van der Waals surface area contributed by atoms with Crippen LogP contribution < -0.4 is 5.32 Å². The summed E-state index contributed by atoms with van der Waals surface area (Å²) in [5.74, 6) is -0.0247. The number of aromatic amines is 1. The Bertz CT molecular complexity index is 722. The lowest BCUT2D eigenvalue weighted by Crippen LogP contribution is -2.44. The molecule has 0 radical (unpaired) electrons. The Morgan fingerprint density at radius 2 is 2.00 bits per heavy atom. The summed E-state index contributed by atoms with van der Waals surface area (Å²) < 4.78 is 0. The first-order valence-electron chi connectivity index (χ1n) is 8.92. The molecule has 24 heavy (non-hydrogen) atoms. The van der Waals surface area contributed by atoms with Crippen molar-refractivity contribution < 1.29 is 4.79 Å². The van der Waals surface area contributed by atoms with Gasteiger partial charge in [0.1, 0.15) is 5.52 Å². The summed E-state index contributed by atoms with van der Waals surface area (Å²) in [4.78, 5) is 19.2. The van der Waals surface area contributed by atoms with Gasteiger partial charge in [-0.15, -0.1) is 0 Å². The van der Waals surface area contributed by atoms with Crippen LogP contribution in [0, 0.1) is 5.41 Å². The Balaban J connectivity index is 1.35. The number of aromatic nitrogens is 3. The lowest BCUT2D eigenvalue weighted by Gasteiger charge is -2.45. The Kier molecular flexibility index (Phi) is 4.00. The first kappa shape index (κ1) is 15.6. The normalized spacial score (nSPS) is 22.0. The van der Waals surface area contributed by atoms with Gasteiger partial charge >= 0.3 is 0 Å². The van der Waals surface area contributed by atoms with Gasteiger partial charge in [0, 0.05) is 12.2 Å². The second kappa shape index (κ2) is 6.16. The van der Waals surface area contributed by atoms with Gasteiger partial charge in [-0.2, -0.15) is 5.10 Å². The quantitative estimate of drug-likeness (QED) is 0.888. The zero-order valence-corrected chi connectivity index (χ0v) is 14.2. The maximum Gasteiger partial charge on any atom is 0.253 e. The van der Waals surface area contributed by atoms with E-state index in [1.165, 1.54) is 38.8 Å². The van der Waals surface area contributed by atoms with E-state index in [2.05, 4.69) is 32.4 Å². The summed E-state index contributed by atoms with van der Waals surface area (Å²) >= 11 is 0. The Morgan fingerprint density at radius 1 is 1.25 bits per heavy atom. The van der Waals surface area contributed by atoms with Crippen molar-refractivity contribution in [2.45, 2.75) is 44.6 Å². The number of pyridine rings is 1. The number of nitrogens with one attached hydrogen (secondary N) is 2. The zero-order chi connectivity index (χ0) is 16.6. The smallest absolute Gasteiger partial charge is 0.253 e. The minimum absolute atomic E-state index is 0.0247. The fraction of sp³-hybridized carbons (Fsp3) is 0.611. The van der Waals surface area contributed by atoms with Crippen molar-refractivity contribution in [2.75, 3.05) is 20.1 Å². The van der Waals surface area contributed by atoms with Crippen LogP contribution in [-0.2, 0) is 0 Å². The van der Waals surface area contributed by atoms with Gasteiger partial charge in [-0.3, -0.25) is 14.9 Å². The van der Waals surface area contributed by atoms with Crippen molar-refractivity contribution >= 4 is 16.9 Å². The number of hydrogen-bond acceptors (Lipinski definition) is 4. The molecule has 2 aromatic heterocycles. The molecule has 0 bridgehead atoms. The largest absolute Gasteiger partial charge is 0.349 e. The zero-order valence-electron chi connectivity index (χ0n) is 14.2. The molecule has 1 saturated heterocycles. The lowest BCUT2D eigenvalue weighted by molar-refractivity contribution is 0.0654. The first-order chi connectivity index (χ1) is 11.6. The molecule has 6 nitrogen and oxygen atoms in total. The summed E-state index contributed by atoms with van der Waals surface area (Å²) in [5.41, 5.74) is 2.72. The number of fused-ring (bicyclic) bond motifs is 1. The highest BCUT2D eigenvalue weighted by atomic mass is 16.1. The minimum atomic E-state index is -0.0247. The highest BCUT2D eigenvalue weighted by Crippen LogP contribution is 2.44. The molecule has 1 saturated carbocycles. The average molecular weight is 327 g/mol. The fourth-order valence-electron chi connectivity index (χ4n) is 4.19. The van der Waals surface area contributed by atoms with Gasteiger partial charge in [0.2, 0.25) is 0 Å². The van der Waals surface area contributed by atoms with Crippen molar-refractivity contribution in [1.82, 2.24) is 25.4 Å². The van der Waals surface area contributed by atoms with E-state index in [9.17, 15) is 4.79 Å². The Labute approximate surface area is 142 Å². The van der Waals surface area contributed by atoms with E-state index in [0.29, 0.717) is 17.0 Å². The molecule has 2 aliphatic rings. The van der Waals surface area contributed by atoms with Crippen molar-refractivity contribution in [3.8, 4) is 0 Å². The number of hydrogen-bond donors (Lipinski definition) is 2. The molecule has 1 spiro atoms. The molecule has 0 aromatic carbocycles. The van der Waals surface area contributed by atoms with Gasteiger partial charge in [0.05, 0.1) is 17.3 Å². The molecule has 4 rings (SSSR count). The molecule has 2 aromatic rings. The lowest BCUT2D eigenvalue weighted by atomic mass is 9.67. The van der Waals surface area contributed by atoms with E-state index in [1.807, 2.05) is 6.07 Å². The number of carbonyl (C=O) groups excluding carboxylic acids is 1.